The van der Waals surface area contributed by atoms with Crippen LogP contribution in [0.1, 0.15) is 0 Å². The van der Waals surface area contributed by atoms with Crippen molar-refractivity contribution in [1.82, 2.24) is 0 Å². The van der Waals surface area contributed by atoms with Gasteiger partial charge < -0.3 is 5.11 Å². The van der Waals surface area contributed by atoms with Gasteiger partial charge in [0.1, 0.15) is 0 Å². The van der Waals surface area contributed by atoms with Gasteiger partial charge in [0, 0.05) is 4.99 Å². The van der Waals surface area contributed by atoms with Crippen molar-refractivity contribution in [3.63, 3.8) is 0 Å². The van der Waals surface area contributed by atoms with E-state index in [0.29, 0.717) is 0 Å². The van der Waals surface area contributed by atoms with E-state index >= 15 is 0 Å². The molecule has 0 aromatic rings. The Morgan fingerprint density at radius 2 is 2.00 bits per heavy atom. The first kappa shape index (κ1) is 4.02. The first-order valence-electron chi connectivity index (χ1n) is 0.810. The number of halogens is 1. The summed E-state index contributed by atoms with van der Waals surface area (Å²) in [6, 6.07) is 0. The van der Waals surface area contributed by atoms with Crippen LogP contribution in [-0.4, -0.2) is 5.11 Å². The summed E-state index contributed by atoms with van der Waals surface area (Å²) >= 11 is 2.82. The summed E-state index contributed by atoms with van der Waals surface area (Å²) in [5.74, 6) is 0. The van der Waals surface area contributed by atoms with E-state index in [9.17, 15) is 0 Å². The Labute approximate surface area is 33.1 Å². The minimum absolute atomic E-state index is 0.917. The van der Waals surface area contributed by atoms with E-state index in [4.69, 9.17) is 5.11 Å². The van der Waals surface area contributed by atoms with Gasteiger partial charge in [-0.25, -0.2) is 0 Å². The van der Waals surface area contributed by atoms with Crippen molar-refractivity contribution in [1.29, 1.82) is 0 Å². The first-order valence-corrected chi connectivity index (χ1v) is 1.73. The molecule has 0 unspecified atom stereocenters. The molecule has 0 spiro atoms. The molecule has 0 saturated carbocycles. The molecule has 0 bridgehead atoms. The molecule has 1 nitrogen and oxygen atoms in total. The third-order valence-electron chi connectivity index (χ3n) is 0.0563. The molecule has 0 rings (SSSR count). The van der Waals surface area contributed by atoms with Gasteiger partial charge in [0.2, 0.25) is 0 Å². The molecule has 0 amide bonds. The third-order valence-corrected chi connectivity index (χ3v) is 0.293. The van der Waals surface area contributed by atoms with Crippen molar-refractivity contribution in [3.05, 3.63) is 11.2 Å². The van der Waals surface area contributed by atoms with Gasteiger partial charge in [0.15, 0.2) is 0 Å². The highest BCUT2D eigenvalue weighted by Crippen LogP contribution is 1.74. The zero-order chi connectivity index (χ0) is 3.41. The fourth-order valence-electron chi connectivity index (χ4n) is 0. The average Bonchev–Trinajstić information content (AvgIpc) is 1.37. The van der Waals surface area contributed by atoms with Gasteiger partial charge in [-0.1, -0.05) is 15.9 Å². The van der Waals surface area contributed by atoms with Crippen molar-refractivity contribution in [2.45, 2.75) is 0 Å². The summed E-state index contributed by atoms with van der Waals surface area (Å²) in [6.07, 6.45) is 0.917. The van der Waals surface area contributed by atoms with Gasteiger partial charge in [-0.05, 0) is 0 Å². The number of aliphatic hydroxyl groups excluding tert-OH is 1. The topological polar surface area (TPSA) is 20.2 Å². The second kappa shape index (κ2) is 3.02. The first-order chi connectivity index (χ1) is 1.91. The van der Waals surface area contributed by atoms with Crippen LogP contribution in [0.2, 0.25) is 0 Å². The third kappa shape index (κ3) is 2.02. The van der Waals surface area contributed by atoms with Crippen molar-refractivity contribution in [2.75, 3.05) is 0 Å². The lowest BCUT2D eigenvalue weighted by Crippen LogP contribution is -1.31. The summed E-state index contributed by atoms with van der Waals surface area (Å²) < 4.78 is 0. The standard InChI is InChI=1S/C2H3BrO/c3-1-2-4/h1-2,4H. The molecule has 0 radical (unpaired) electrons. The van der Waals surface area contributed by atoms with E-state index in [1.54, 1.807) is 0 Å². The smallest absolute Gasteiger partial charge is 0.0860 e. The normalized spacial score (nSPS) is 9.25. The van der Waals surface area contributed by atoms with Crippen LogP contribution < -0.4 is 0 Å². The lowest BCUT2D eigenvalue weighted by atomic mass is 11.2. The second-order valence-electron chi connectivity index (χ2n) is 0.275. The molecule has 0 heterocycles. The Morgan fingerprint density at radius 3 is 2.00 bits per heavy atom. The fourth-order valence-corrected chi connectivity index (χ4v) is 0. The molecular weight excluding hydrogens is 120 g/mol. The SMILES string of the molecule is OC=CBr. The molecule has 2 heteroatoms. The highest BCUT2D eigenvalue weighted by Gasteiger charge is 1.38. The fraction of sp³-hybridized carbons (Fsp3) is 0. The molecule has 0 aliphatic carbocycles. The largest absolute Gasteiger partial charge is 0.515 e. The van der Waals surface area contributed by atoms with Crippen LogP contribution in [0.25, 0.3) is 0 Å². The van der Waals surface area contributed by atoms with Crippen LogP contribution in [0.5, 0.6) is 0 Å². The molecule has 4 heavy (non-hydrogen) atoms. The van der Waals surface area contributed by atoms with Crippen LogP contribution in [0.3, 0.4) is 0 Å². The maximum Gasteiger partial charge on any atom is 0.0860 e. The molecule has 0 atom stereocenters. The zero-order valence-corrected chi connectivity index (χ0v) is 3.57. The lowest BCUT2D eigenvalue weighted by molar-refractivity contribution is 0.475. The van der Waals surface area contributed by atoms with Crippen molar-refractivity contribution < 1.29 is 5.11 Å². The minimum atomic E-state index is 0.917. The monoisotopic (exact) mass is 122 g/mol. The van der Waals surface area contributed by atoms with Crippen molar-refractivity contribution >= 4 is 15.9 Å². The van der Waals surface area contributed by atoms with Crippen LogP contribution >= 0.6 is 15.9 Å². The number of hydrogen-bond acceptors (Lipinski definition) is 1. The molecule has 0 fully saturated rings. The van der Waals surface area contributed by atoms with Crippen LogP contribution in [0.4, 0.5) is 0 Å². The molecule has 0 saturated heterocycles. The molecular formula is C2H3BrO. The van der Waals surface area contributed by atoms with Gasteiger partial charge in [0.25, 0.3) is 0 Å². The maximum absolute atomic E-state index is 7.65. The quantitative estimate of drug-likeness (QED) is 0.482. The number of aliphatic hydroxyl groups is 1. The summed E-state index contributed by atoms with van der Waals surface area (Å²) in [7, 11) is 0. The predicted molar refractivity (Wildman–Crippen MR) is 20.7 cm³/mol. The van der Waals surface area contributed by atoms with Gasteiger partial charge in [-0.2, -0.15) is 0 Å². The van der Waals surface area contributed by atoms with Gasteiger partial charge in [0.05, 0.1) is 6.26 Å². The van der Waals surface area contributed by atoms with E-state index < -0.39 is 0 Å². The molecule has 0 aromatic carbocycles. The van der Waals surface area contributed by atoms with E-state index in [1.165, 1.54) is 4.99 Å². The van der Waals surface area contributed by atoms with E-state index in [1.807, 2.05) is 0 Å². The number of hydrogen-bond donors (Lipinski definition) is 1. The molecule has 1 N–H and O–H groups in total. The van der Waals surface area contributed by atoms with Crippen LogP contribution in [-0.2, 0) is 0 Å². The summed E-state index contributed by atoms with van der Waals surface area (Å²) in [5.41, 5.74) is 0. The maximum atomic E-state index is 7.65. The lowest BCUT2D eigenvalue weighted by Gasteiger charge is -1.51. The Balaban J connectivity index is 2.55. The van der Waals surface area contributed by atoms with E-state index in [-0.39, 0.29) is 0 Å². The second-order valence-corrected chi connectivity index (χ2v) is 0.804. The van der Waals surface area contributed by atoms with Crippen molar-refractivity contribution in [2.24, 2.45) is 0 Å². The molecule has 0 aliphatic rings. The Bertz CT molecular complexity index is 21.2. The Morgan fingerprint density at radius 1 is 1.75 bits per heavy atom. The zero-order valence-electron chi connectivity index (χ0n) is 1.98. The summed E-state index contributed by atoms with van der Waals surface area (Å²) in [4.78, 5) is 1.37. The number of rotatable bonds is 0. The van der Waals surface area contributed by atoms with Gasteiger partial charge in [-0.3, -0.25) is 0 Å². The summed E-state index contributed by atoms with van der Waals surface area (Å²) in [6.45, 7) is 0. The molecule has 24 valence electrons. The van der Waals surface area contributed by atoms with Gasteiger partial charge in [-0.15, -0.1) is 0 Å². The van der Waals surface area contributed by atoms with E-state index in [0.717, 1.165) is 6.26 Å². The Hall–Kier alpha value is 0.0200. The summed E-state index contributed by atoms with van der Waals surface area (Å²) in [5, 5.41) is 7.65. The molecule has 0 aromatic heterocycles. The highest BCUT2D eigenvalue weighted by molar-refractivity contribution is 9.11. The Kier molecular flexibility index (Phi) is 3.04. The average molecular weight is 123 g/mol. The van der Waals surface area contributed by atoms with E-state index in [2.05, 4.69) is 15.9 Å². The van der Waals surface area contributed by atoms with Crippen LogP contribution in [0, 0.1) is 0 Å². The van der Waals surface area contributed by atoms with Crippen molar-refractivity contribution in [3.8, 4) is 0 Å². The molecule has 0 aliphatic heterocycles. The predicted octanol–water partition coefficient (Wildman–Crippen LogP) is 1.41. The van der Waals surface area contributed by atoms with Gasteiger partial charge >= 0.3 is 0 Å². The van der Waals surface area contributed by atoms with Crippen LogP contribution in [0.15, 0.2) is 11.2 Å². The highest BCUT2D eigenvalue weighted by atomic mass is 79.9. The minimum Gasteiger partial charge on any atom is -0.515 e.